The SMILES string of the molecule is CC(=NCC[Si](C)(C)C)c1ccccc1O.CC(=Nc1cc(C(C)(C)C)cc(C(C)(C)C)c1)c1ccccc1O.CC(=Nc1ccccc1)c1ccccc1O.CC(C)(C)c1cc(N=Cc2ccccc2O)cc(C(C)(C)C)c1.CCCCN=C(C)c1ccccc1O.CCCN=C(C)c1ccccc1O.CN=C(C)c1ccccc1O. The minimum absolute atomic E-state index is 0.0638. The van der Waals surface area contributed by atoms with Crippen molar-refractivity contribution in [3.63, 3.8) is 0 Å². The summed E-state index contributed by atoms with van der Waals surface area (Å²) < 4.78 is 0. The van der Waals surface area contributed by atoms with Gasteiger partial charge in [0, 0.05) is 114 Å². The number of unbranched alkanes of at least 4 members (excludes halogenated alkanes) is 1. The van der Waals surface area contributed by atoms with Crippen LogP contribution in [0.15, 0.2) is 272 Å². The van der Waals surface area contributed by atoms with E-state index in [2.05, 4.69) is 183 Å². The van der Waals surface area contributed by atoms with Gasteiger partial charge in [-0.15, -0.1) is 0 Å². The molecule has 117 heavy (non-hydrogen) atoms. The Morgan fingerprint density at radius 2 is 0.590 bits per heavy atom. The number of phenols is 7. The molecule has 0 aliphatic rings. The first kappa shape index (κ1) is 98.1. The number of para-hydroxylation sites is 8. The van der Waals surface area contributed by atoms with Crippen LogP contribution in [0, 0.1) is 0 Å². The van der Waals surface area contributed by atoms with Crippen LogP contribution in [-0.2, 0) is 21.7 Å². The molecule has 10 aromatic rings. The van der Waals surface area contributed by atoms with E-state index in [4.69, 9.17) is 4.99 Å². The Bertz CT molecular complexity index is 4900. The van der Waals surface area contributed by atoms with Gasteiger partial charge in [0.05, 0.1) is 17.1 Å². The maximum atomic E-state index is 10.0. The van der Waals surface area contributed by atoms with Crippen LogP contribution in [0.1, 0.15) is 219 Å². The van der Waals surface area contributed by atoms with E-state index in [0.29, 0.717) is 17.2 Å². The fourth-order valence-electron chi connectivity index (χ4n) is 11.1. The van der Waals surface area contributed by atoms with Crippen molar-refractivity contribution in [2.75, 3.05) is 26.7 Å². The highest BCUT2D eigenvalue weighted by Crippen LogP contribution is 2.36. The van der Waals surface area contributed by atoms with Crippen molar-refractivity contribution in [2.24, 2.45) is 34.9 Å². The quantitative estimate of drug-likeness (QED) is 0.0249. The van der Waals surface area contributed by atoms with Gasteiger partial charge in [-0.05, 0) is 226 Å². The van der Waals surface area contributed by atoms with Gasteiger partial charge in [0.1, 0.15) is 40.2 Å². The molecule has 0 fully saturated rings. The molecule has 10 rings (SSSR count). The van der Waals surface area contributed by atoms with E-state index in [1.165, 1.54) is 28.3 Å². The molecule has 0 unspecified atom stereocenters. The van der Waals surface area contributed by atoms with E-state index in [-0.39, 0.29) is 44.7 Å². The van der Waals surface area contributed by atoms with Crippen molar-refractivity contribution in [3.8, 4) is 40.2 Å². The highest BCUT2D eigenvalue weighted by molar-refractivity contribution is 6.76. The summed E-state index contributed by atoms with van der Waals surface area (Å²) in [5.41, 5.74) is 18.9. The van der Waals surface area contributed by atoms with Gasteiger partial charge in [0.15, 0.2) is 0 Å². The topological polar surface area (TPSA) is 228 Å². The van der Waals surface area contributed by atoms with Crippen LogP contribution < -0.4 is 0 Å². The van der Waals surface area contributed by atoms with Crippen molar-refractivity contribution in [1.29, 1.82) is 0 Å². The van der Waals surface area contributed by atoms with Crippen molar-refractivity contribution in [3.05, 3.63) is 298 Å². The molecule has 0 saturated carbocycles. The zero-order valence-corrected chi connectivity index (χ0v) is 75.3. The van der Waals surface area contributed by atoms with Crippen molar-refractivity contribution in [1.82, 2.24) is 0 Å². The summed E-state index contributed by atoms with van der Waals surface area (Å²) in [7, 11) is 0.702. The molecule has 10 aromatic carbocycles. The van der Waals surface area contributed by atoms with Gasteiger partial charge in [0.2, 0.25) is 0 Å². The van der Waals surface area contributed by atoms with E-state index >= 15 is 0 Å². The molecule has 0 atom stereocenters. The Labute approximate surface area is 702 Å². The van der Waals surface area contributed by atoms with Crippen molar-refractivity contribution in [2.45, 2.75) is 205 Å². The summed E-state index contributed by atoms with van der Waals surface area (Å²) in [5, 5.41) is 67.6. The zero-order valence-electron chi connectivity index (χ0n) is 74.3. The number of rotatable bonds is 18. The van der Waals surface area contributed by atoms with Gasteiger partial charge in [-0.1, -0.05) is 238 Å². The van der Waals surface area contributed by atoms with E-state index < -0.39 is 8.07 Å². The molecule has 0 radical (unpaired) electrons. The minimum atomic E-state index is -1.01. The van der Waals surface area contributed by atoms with E-state index in [9.17, 15) is 35.7 Å². The smallest absolute Gasteiger partial charge is 0.124 e. The van der Waals surface area contributed by atoms with Crippen LogP contribution in [0.3, 0.4) is 0 Å². The number of phenolic OH excluding ortho intramolecular Hbond substituents is 7. The predicted molar refractivity (Wildman–Crippen MR) is 505 cm³/mol. The summed E-state index contributed by atoms with van der Waals surface area (Å²) in [6.45, 7) is 51.9. The fourth-order valence-corrected chi connectivity index (χ4v) is 11.9. The van der Waals surface area contributed by atoms with Crippen LogP contribution in [0.5, 0.6) is 40.2 Å². The van der Waals surface area contributed by atoms with Crippen molar-refractivity contribution >= 4 is 65.6 Å². The molecule has 0 heterocycles. The second kappa shape index (κ2) is 47.7. The lowest BCUT2D eigenvalue weighted by Crippen LogP contribution is -2.20. The first-order valence-electron chi connectivity index (χ1n) is 40.5. The summed E-state index contributed by atoms with van der Waals surface area (Å²) in [4.78, 5) is 31.1. The Morgan fingerprint density at radius 1 is 0.308 bits per heavy atom. The monoisotopic (exact) mass is 1600 g/mol. The average Bonchev–Trinajstić information content (AvgIpc) is 0.805. The standard InChI is InChI=1S/C22H29NO.C21H27NO.C14H13NO.C13H21NOSi.C12H17NO.C11H15NO.C9H11NO/c1-15(19-10-8-9-11-20(19)24)23-18-13-16(21(2,3)4)12-17(14-18)22(5,6)7;1-20(2,3)16-11-17(21(4,5)6)13-18(12-16)22-14-15-9-7-8-10-19(15)23;1-11(13-9-5-6-10-14(13)16)15-12-7-3-2-4-8-12;1-11(14-9-10-16(2,3)4)12-7-5-6-8-13(12)15;1-3-4-9-13-10(2)11-7-5-6-8-12(11)14;1-3-8-12-9(2)10-6-4-5-7-11(10)13;1-7(10-2)8-5-3-4-6-9(8)11/h8-14,24H,1-7H3;7-14,23H,1-6H3;2-10,16H,1H3;5-8,15H,9-10H2,1-4H3;5-8,14H,3-4,9H2,1-2H3;4-7,13H,3,8H2,1-2H3;3-6,11H,1-2H3. The first-order chi connectivity index (χ1) is 55.0. The largest absolute Gasteiger partial charge is 0.507 e. The van der Waals surface area contributed by atoms with Crippen LogP contribution in [0.25, 0.3) is 0 Å². The molecule has 0 amide bonds. The van der Waals surface area contributed by atoms with E-state index in [1.54, 1.807) is 67.9 Å². The maximum absolute atomic E-state index is 10.0. The third-order valence-corrected chi connectivity index (χ3v) is 20.4. The second-order valence-corrected chi connectivity index (χ2v) is 39.7. The fraction of sp³-hybridized carbons (Fsp3) is 0.343. The summed E-state index contributed by atoms with van der Waals surface area (Å²) in [6.07, 6.45) is 5.01. The highest BCUT2D eigenvalue weighted by Gasteiger charge is 2.23. The summed E-state index contributed by atoms with van der Waals surface area (Å²) in [6, 6.07) is 74.9. The van der Waals surface area contributed by atoms with E-state index in [0.717, 1.165) is 129 Å². The number of hydrogen-bond acceptors (Lipinski definition) is 14. The molecule has 0 aliphatic carbocycles. The Kier molecular flexibility index (Phi) is 40.0. The molecule has 0 saturated heterocycles. The van der Waals surface area contributed by atoms with E-state index in [1.807, 2.05) is 187 Å². The molecular formula is C102H133N7O7Si. The summed E-state index contributed by atoms with van der Waals surface area (Å²) >= 11 is 0. The molecule has 14 nitrogen and oxygen atoms in total. The molecular weight excluding hydrogens is 1460 g/mol. The van der Waals surface area contributed by atoms with Gasteiger partial charge < -0.3 is 35.7 Å². The van der Waals surface area contributed by atoms with Crippen LogP contribution in [-0.4, -0.2) is 111 Å². The van der Waals surface area contributed by atoms with Crippen molar-refractivity contribution < 1.29 is 35.7 Å². The minimum Gasteiger partial charge on any atom is -0.507 e. The Morgan fingerprint density at radius 3 is 0.897 bits per heavy atom. The average molecular weight is 1600 g/mol. The number of nitrogens with zero attached hydrogens (tertiary/aromatic N) is 7. The Hall–Kier alpha value is -11.3. The highest BCUT2D eigenvalue weighted by atomic mass is 28.3. The third-order valence-electron chi connectivity index (χ3n) is 18.7. The van der Waals surface area contributed by atoms with Gasteiger partial charge in [-0.3, -0.25) is 34.9 Å². The van der Waals surface area contributed by atoms with Gasteiger partial charge in [-0.2, -0.15) is 0 Å². The molecule has 7 N–H and O–H groups in total. The normalized spacial score (nSPS) is 12.3. The molecule has 0 aliphatic heterocycles. The number of benzene rings is 10. The lowest BCUT2D eigenvalue weighted by atomic mass is 9.80. The zero-order chi connectivity index (χ0) is 87.3. The lowest BCUT2D eigenvalue weighted by molar-refractivity contribution is 0.473. The number of aromatic hydroxyl groups is 7. The van der Waals surface area contributed by atoms with Gasteiger partial charge in [-0.25, -0.2) is 0 Å². The lowest BCUT2D eigenvalue weighted by Gasteiger charge is -2.25. The Balaban J connectivity index is 0.000000292. The molecule has 15 heteroatoms. The number of aliphatic imine (C=N–C) groups is 7. The molecule has 0 spiro atoms. The summed E-state index contributed by atoms with van der Waals surface area (Å²) in [5.74, 6) is 2.00. The number of hydrogen-bond donors (Lipinski definition) is 7. The van der Waals surface area contributed by atoms with Crippen LogP contribution in [0.2, 0.25) is 25.7 Å². The van der Waals surface area contributed by atoms with Gasteiger partial charge in [0.25, 0.3) is 0 Å². The third kappa shape index (κ3) is 35.4. The molecule has 0 bridgehead atoms. The first-order valence-corrected chi connectivity index (χ1v) is 44.2. The maximum Gasteiger partial charge on any atom is 0.124 e. The second-order valence-electron chi connectivity index (χ2n) is 34.1. The van der Waals surface area contributed by atoms with Crippen LogP contribution in [0.4, 0.5) is 17.1 Å². The van der Waals surface area contributed by atoms with Gasteiger partial charge >= 0.3 is 0 Å². The van der Waals surface area contributed by atoms with Crippen LogP contribution >= 0.6 is 0 Å². The molecule has 622 valence electrons. The molecule has 0 aromatic heterocycles. The predicted octanol–water partition coefficient (Wildman–Crippen LogP) is 26.4.